The molecule has 0 spiro atoms. The van der Waals surface area contributed by atoms with Gasteiger partial charge in [0.2, 0.25) is 10.0 Å². The van der Waals surface area contributed by atoms with Crippen LogP contribution in [0, 0.1) is 5.82 Å². The minimum atomic E-state index is -3.72. The summed E-state index contributed by atoms with van der Waals surface area (Å²) >= 11 is 0. The van der Waals surface area contributed by atoms with Gasteiger partial charge in [-0.05, 0) is 35.9 Å². The summed E-state index contributed by atoms with van der Waals surface area (Å²) in [7, 11) is -3.72. The molecule has 0 atom stereocenters. The molecule has 1 aliphatic heterocycles. The molecule has 9 heteroatoms. The number of carbonyl (C=O) groups is 1. The number of hydroxylamine groups is 1. The average molecular weight is 351 g/mol. The lowest BCUT2D eigenvalue weighted by molar-refractivity contribution is 0.0706. The number of rotatable bonds is 3. The topological polar surface area (TPSA) is 98.7 Å². The quantitative estimate of drug-likeness (QED) is 0.570. The molecular formula is C15H14FN3O4S. The second-order valence-electron chi connectivity index (χ2n) is 5.25. The van der Waals surface area contributed by atoms with Crippen molar-refractivity contribution in [2.45, 2.75) is 11.4 Å². The Morgan fingerprint density at radius 3 is 2.62 bits per heavy atom. The molecule has 0 bridgehead atoms. The molecule has 0 aromatic heterocycles. The van der Waals surface area contributed by atoms with Gasteiger partial charge in [-0.25, -0.2) is 18.3 Å². The van der Waals surface area contributed by atoms with Crippen LogP contribution < -0.4 is 15.1 Å². The van der Waals surface area contributed by atoms with Crippen molar-refractivity contribution in [2.24, 2.45) is 0 Å². The van der Waals surface area contributed by atoms with Crippen molar-refractivity contribution < 1.29 is 22.8 Å². The number of carbonyl (C=O) groups excluding carboxylic acids is 1. The molecule has 1 amide bonds. The van der Waals surface area contributed by atoms with Crippen LogP contribution >= 0.6 is 0 Å². The number of hydrogen-bond acceptors (Lipinski definition) is 5. The zero-order chi connectivity index (χ0) is 17.3. The van der Waals surface area contributed by atoms with E-state index < -0.39 is 21.7 Å². The van der Waals surface area contributed by atoms with Crippen LogP contribution in [0.15, 0.2) is 47.4 Å². The second kappa shape index (κ2) is 6.19. The molecule has 2 aromatic carbocycles. The summed E-state index contributed by atoms with van der Waals surface area (Å²) in [6.45, 7) is 0.419. The van der Waals surface area contributed by atoms with Crippen molar-refractivity contribution in [2.75, 3.05) is 11.6 Å². The number of halogens is 1. The maximum Gasteiger partial charge on any atom is 0.274 e. The van der Waals surface area contributed by atoms with Crippen LogP contribution in [-0.4, -0.2) is 26.2 Å². The lowest BCUT2D eigenvalue weighted by Gasteiger charge is -2.31. The molecule has 0 unspecified atom stereocenters. The van der Waals surface area contributed by atoms with Crippen LogP contribution in [0.25, 0.3) is 0 Å². The molecule has 3 N–H and O–H groups in total. The van der Waals surface area contributed by atoms with Crippen molar-refractivity contribution in [3.63, 3.8) is 0 Å². The number of fused-ring (bicyclic) bond motifs is 1. The third-order valence-corrected chi connectivity index (χ3v) is 5.10. The van der Waals surface area contributed by atoms with Crippen LogP contribution in [0.5, 0.6) is 0 Å². The van der Waals surface area contributed by atoms with Crippen LogP contribution in [0.3, 0.4) is 0 Å². The summed E-state index contributed by atoms with van der Waals surface area (Å²) in [5, 5.41) is 8.60. The lowest BCUT2D eigenvalue weighted by atomic mass is 10.1. The van der Waals surface area contributed by atoms with Gasteiger partial charge >= 0.3 is 0 Å². The summed E-state index contributed by atoms with van der Waals surface area (Å²) in [4.78, 5) is 12.9. The third-order valence-electron chi connectivity index (χ3n) is 3.69. The monoisotopic (exact) mass is 351 g/mol. The predicted octanol–water partition coefficient (Wildman–Crippen LogP) is 1.20. The smallest absolute Gasteiger partial charge is 0.274 e. The van der Waals surface area contributed by atoms with Gasteiger partial charge in [0.25, 0.3) is 5.91 Å². The van der Waals surface area contributed by atoms with Crippen molar-refractivity contribution >= 4 is 21.6 Å². The predicted molar refractivity (Wildman–Crippen MR) is 83.5 cm³/mol. The number of amides is 1. The van der Waals surface area contributed by atoms with Gasteiger partial charge in [-0.15, -0.1) is 0 Å². The van der Waals surface area contributed by atoms with E-state index in [0.717, 1.165) is 11.6 Å². The van der Waals surface area contributed by atoms with Gasteiger partial charge in [-0.1, -0.05) is 12.1 Å². The van der Waals surface area contributed by atoms with E-state index >= 15 is 0 Å². The number of benzene rings is 2. The summed E-state index contributed by atoms with van der Waals surface area (Å²) in [5.41, 5.74) is 3.07. The Morgan fingerprint density at radius 2 is 1.96 bits per heavy atom. The Labute approximate surface area is 137 Å². The van der Waals surface area contributed by atoms with Gasteiger partial charge < -0.3 is 4.90 Å². The highest BCUT2D eigenvalue weighted by atomic mass is 32.2. The highest BCUT2D eigenvalue weighted by molar-refractivity contribution is 7.89. The molecule has 24 heavy (non-hydrogen) atoms. The van der Waals surface area contributed by atoms with E-state index in [4.69, 9.17) is 5.21 Å². The first-order valence-electron chi connectivity index (χ1n) is 6.98. The summed E-state index contributed by atoms with van der Waals surface area (Å²) < 4.78 is 39.8. The molecule has 1 aliphatic rings. The van der Waals surface area contributed by atoms with E-state index in [-0.39, 0.29) is 11.6 Å². The average Bonchev–Trinajstić information content (AvgIpc) is 2.58. The number of sulfonamides is 1. The fraction of sp³-hybridized carbons (Fsp3) is 0.133. The van der Waals surface area contributed by atoms with E-state index in [0.29, 0.717) is 17.8 Å². The van der Waals surface area contributed by atoms with Gasteiger partial charge in [0.1, 0.15) is 10.7 Å². The van der Waals surface area contributed by atoms with E-state index in [1.54, 1.807) is 34.6 Å². The zero-order valence-corrected chi connectivity index (χ0v) is 13.2. The van der Waals surface area contributed by atoms with Crippen LogP contribution in [0.4, 0.5) is 10.1 Å². The van der Waals surface area contributed by atoms with E-state index in [2.05, 4.69) is 4.72 Å². The first-order chi connectivity index (χ1) is 11.4. The van der Waals surface area contributed by atoms with Gasteiger partial charge in [-0.2, -0.15) is 4.72 Å². The standard InChI is InChI=1S/C15H14FN3O4S/c16-12-5-6-13-14(7-12)24(22,23)17-9-19(13)8-10-1-3-11(4-2-10)15(20)18-21/h1-7,17,21H,8-9H2,(H,18,20). The summed E-state index contributed by atoms with van der Waals surface area (Å²) in [6, 6.07) is 10.1. The molecule has 0 radical (unpaired) electrons. The number of hydrogen-bond donors (Lipinski definition) is 3. The van der Waals surface area contributed by atoms with Crippen molar-refractivity contribution in [1.29, 1.82) is 0 Å². The maximum atomic E-state index is 13.4. The zero-order valence-electron chi connectivity index (χ0n) is 12.4. The van der Waals surface area contributed by atoms with E-state index in [1.165, 1.54) is 12.1 Å². The van der Waals surface area contributed by atoms with Crippen molar-refractivity contribution in [3.05, 3.63) is 59.4 Å². The number of anilines is 1. The largest absolute Gasteiger partial charge is 0.352 e. The maximum absolute atomic E-state index is 13.4. The van der Waals surface area contributed by atoms with Crippen LogP contribution in [0.1, 0.15) is 15.9 Å². The summed E-state index contributed by atoms with van der Waals surface area (Å²) in [5.74, 6) is -1.24. The minimum absolute atomic E-state index is 0.0554. The normalized spacial score (nSPS) is 15.7. The fourth-order valence-electron chi connectivity index (χ4n) is 2.48. The van der Waals surface area contributed by atoms with Gasteiger partial charge in [-0.3, -0.25) is 10.0 Å². The lowest BCUT2D eigenvalue weighted by Crippen LogP contribution is -2.42. The minimum Gasteiger partial charge on any atom is -0.352 e. The van der Waals surface area contributed by atoms with Gasteiger partial charge in [0.15, 0.2) is 0 Å². The number of nitrogens with one attached hydrogen (secondary N) is 2. The fourth-order valence-corrected chi connectivity index (χ4v) is 3.70. The highest BCUT2D eigenvalue weighted by Gasteiger charge is 2.28. The molecule has 7 nitrogen and oxygen atoms in total. The Hall–Kier alpha value is -2.49. The molecule has 2 aromatic rings. The first-order valence-corrected chi connectivity index (χ1v) is 8.46. The number of nitrogens with zero attached hydrogens (tertiary/aromatic N) is 1. The van der Waals surface area contributed by atoms with E-state index in [9.17, 15) is 17.6 Å². The van der Waals surface area contributed by atoms with Gasteiger partial charge in [0, 0.05) is 12.1 Å². The van der Waals surface area contributed by atoms with Gasteiger partial charge in [0.05, 0.1) is 12.4 Å². The van der Waals surface area contributed by atoms with Crippen molar-refractivity contribution in [3.8, 4) is 0 Å². The molecule has 0 aliphatic carbocycles. The molecule has 0 saturated heterocycles. The first kappa shape index (κ1) is 16.4. The third kappa shape index (κ3) is 3.09. The molecule has 0 saturated carbocycles. The van der Waals surface area contributed by atoms with E-state index in [1.807, 2.05) is 0 Å². The SMILES string of the molecule is O=C(NO)c1ccc(CN2CNS(=O)(=O)c3cc(F)ccc32)cc1. The Morgan fingerprint density at radius 1 is 1.25 bits per heavy atom. The summed E-state index contributed by atoms with van der Waals surface area (Å²) in [6.07, 6.45) is 0. The highest BCUT2D eigenvalue weighted by Crippen LogP contribution is 2.30. The Kier molecular flexibility index (Phi) is 4.22. The Bertz CT molecular complexity index is 884. The molecular weight excluding hydrogens is 337 g/mol. The van der Waals surface area contributed by atoms with Crippen LogP contribution in [0.2, 0.25) is 0 Å². The second-order valence-corrected chi connectivity index (χ2v) is 6.99. The Balaban J connectivity index is 1.88. The molecule has 126 valence electrons. The van der Waals surface area contributed by atoms with Crippen molar-refractivity contribution in [1.82, 2.24) is 10.2 Å². The molecule has 3 rings (SSSR count). The van der Waals surface area contributed by atoms with Crippen LogP contribution in [-0.2, 0) is 16.6 Å². The molecule has 0 fully saturated rings. The molecule has 1 heterocycles.